The second-order valence-corrected chi connectivity index (χ2v) is 7.37. The number of esters is 1. The van der Waals surface area contributed by atoms with Crippen molar-refractivity contribution in [3.05, 3.63) is 34.9 Å². The van der Waals surface area contributed by atoms with Crippen LogP contribution in [0.3, 0.4) is 0 Å². The number of benzene rings is 1. The Morgan fingerprint density at radius 3 is 2.26 bits per heavy atom. The van der Waals surface area contributed by atoms with E-state index in [4.69, 9.17) is 14.0 Å². The van der Waals surface area contributed by atoms with Gasteiger partial charge in [0, 0.05) is 5.82 Å². The van der Waals surface area contributed by atoms with Crippen LogP contribution in [0.4, 0.5) is 0 Å². The summed E-state index contributed by atoms with van der Waals surface area (Å²) in [7, 11) is 0.937. The summed E-state index contributed by atoms with van der Waals surface area (Å²) in [6, 6.07) is 6.24. The molecule has 126 valence electrons. The molecule has 0 aromatic heterocycles. The summed E-state index contributed by atoms with van der Waals surface area (Å²) >= 11 is 0. The van der Waals surface area contributed by atoms with Crippen molar-refractivity contribution in [2.24, 2.45) is 0 Å². The highest BCUT2D eigenvalue weighted by atomic mass is 16.7. The monoisotopic (exact) mass is 318 g/mol. The molecule has 0 bridgehead atoms. The summed E-state index contributed by atoms with van der Waals surface area (Å²) in [4.78, 5) is 11.9. The SMILES string of the molecule is COC(=O)CC(B1OC(C)(C)C(C)(C)O1)c1cc(C)ccc1C. The zero-order valence-electron chi connectivity index (χ0n) is 15.2. The van der Waals surface area contributed by atoms with E-state index in [-0.39, 0.29) is 18.2 Å². The van der Waals surface area contributed by atoms with Gasteiger partial charge >= 0.3 is 13.1 Å². The van der Waals surface area contributed by atoms with Crippen molar-refractivity contribution < 1.29 is 18.8 Å². The Bertz CT molecular complexity index is 579. The van der Waals surface area contributed by atoms with Crippen LogP contribution in [0.15, 0.2) is 18.2 Å². The van der Waals surface area contributed by atoms with E-state index in [2.05, 4.69) is 18.2 Å². The zero-order chi connectivity index (χ0) is 17.4. The summed E-state index contributed by atoms with van der Waals surface area (Å²) in [5.74, 6) is -0.450. The van der Waals surface area contributed by atoms with Crippen LogP contribution in [0, 0.1) is 13.8 Å². The Hall–Kier alpha value is -1.33. The van der Waals surface area contributed by atoms with Gasteiger partial charge in [0.05, 0.1) is 24.7 Å². The second-order valence-electron chi connectivity index (χ2n) is 7.37. The molecule has 1 heterocycles. The van der Waals surface area contributed by atoms with E-state index in [1.807, 2.05) is 41.5 Å². The van der Waals surface area contributed by atoms with Crippen molar-refractivity contribution >= 4 is 13.1 Å². The second kappa shape index (κ2) is 6.29. The van der Waals surface area contributed by atoms with Crippen molar-refractivity contribution in [3.8, 4) is 0 Å². The molecule has 2 rings (SSSR count). The number of aryl methyl sites for hydroxylation is 2. The lowest BCUT2D eigenvalue weighted by atomic mass is 9.65. The fourth-order valence-electron chi connectivity index (χ4n) is 2.83. The maximum absolute atomic E-state index is 11.9. The molecule has 0 aliphatic carbocycles. The van der Waals surface area contributed by atoms with Gasteiger partial charge in [-0.15, -0.1) is 0 Å². The number of methoxy groups -OCH3 is 1. The molecule has 0 spiro atoms. The van der Waals surface area contributed by atoms with Gasteiger partial charge in [-0.1, -0.05) is 23.8 Å². The van der Waals surface area contributed by atoms with Crippen LogP contribution in [-0.4, -0.2) is 31.4 Å². The Morgan fingerprint density at radius 2 is 1.74 bits per heavy atom. The molecule has 1 atom stereocenters. The van der Waals surface area contributed by atoms with E-state index in [0.717, 1.165) is 16.7 Å². The topological polar surface area (TPSA) is 44.8 Å². The minimum Gasteiger partial charge on any atom is -0.469 e. The van der Waals surface area contributed by atoms with Crippen molar-refractivity contribution in [3.63, 3.8) is 0 Å². The first-order valence-corrected chi connectivity index (χ1v) is 8.07. The Labute approximate surface area is 139 Å². The minimum atomic E-state index is -0.473. The van der Waals surface area contributed by atoms with Gasteiger partial charge in [-0.2, -0.15) is 0 Å². The average molecular weight is 318 g/mol. The van der Waals surface area contributed by atoms with E-state index in [9.17, 15) is 4.79 Å². The van der Waals surface area contributed by atoms with E-state index < -0.39 is 18.3 Å². The molecule has 0 amide bonds. The number of ether oxygens (including phenoxy) is 1. The number of hydrogen-bond donors (Lipinski definition) is 0. The van der Waals surface area contributed by atoms with Crippen LogP contribution in [0.2, 0.25) is 0 Å². The highest BCUT2D eigenvalue weighted by Crippen LogP contribution is 2.42. The molecule has 1 aromatic rings. The Balaban J connectivity index is 2.40. The highest BCUT2D eigenvalue weighted by molar-refractivity contribution is 6.48. The lowest BCUT2D eigenvalue weighted by Crippen LogP contribution is -2.41. The number of carbonyl (C=O) groups excluding carboxylic acids is 1. The molecule has 1 unspecified atom stereocenters. The van der Waals surface area contributed by atoms with Crippen LogP contribution in [0.5, 0.6) is 0 Å². The first-order valence-electron chi connectivity index (χ1n) is 8.07. The summed E-state index contributed by atoms with van der Waals surface area (Å²) in [6.45, 7) is 12.2. The smallest absolute Gasteiger partial charge is 0.466 e. The molecule has 5 heteroatoms. The van der Waals surface area contributed by atoms with Gasteiger partial charge in [0.15, 0.2) is 0 Å². The maximum Gasteiger partial charge on any atom is 0.466 e. The quantitative estimate of drug-likeness (QED) is 0.629. The molecule has 0 radical (unpaired) electrons. The van der Waals surface area contributed by atoms with E-state index >= 15 is 0 Å². The molecule has 1 aliphatic heterocycles. The van der Waals surface area contributed by atoms with E-state index in [0.29, 0.717) is 0 Å². The molecule has 1 fully saturated rings. The average Bonchev–Trinajstić information content (AvgIpc) is 2.67. The van der Waals surface area contributed by atoms with Crippen LogP contribution in [0.25, 0.3) is 0 Å². The molecule has 1 saturated heterocycles. The normalized spacial score (nSPS) is 20.4. The lowest BCUT2D eigenvalue weighted by molar-refractivity contribution is -0.140. The van der Waals surface area contributed by atoms with Crippen molar-refractivity contribution in [2.75, 3.05) is 7.11 Å². The van der Waals surface area contributed by atoms with Gasteiger partial charge in [-0.25, -0.2) is 0 Å². The van der Waals surface area contributed by atoms with Crippen molar-refractivity contribution in [1.29, 1.82) is 0 Å². The molecule has 0 N–H and O–H groups in total. The molecular formula is C18H27BO4. The molecule has 1 aliphatic rings. The number of hydrogen-bond acceptors (Lipinski definition) is 4. The predicted octanol–water partition coefficient (Wildman–Crippen LogP) is 3.58. The standard InChI is InChI=1S/C18H27BO4/c1-12-8-9-13(2)14(10-12)15(11-16(20)21-7)19-22-17(3,4)18(5,6)23-19/h8-10,15H,11H2,1-7H3. The number of rotatable bonds is 4. The van der Waals surface area contributed by atoms with Gasteiger partial charge in [-0.3, -0.25) is 4.79 Å². The van der Waals surface area contributed by atoms with Crippen molar-refractivity contribution in [1.82, 2.24) is 0 Å². The zero-order valence-corrected chi connectivity index (χ0v) is 15.2. The largest absolute Gasteiger partial charge is 0.469 e. The number of carbonyl (C=O) groups is 1. The van der Waals surface area contributed by atoms with Crippen LogP contribution in [-0.2, 0) is 18.8 Å². The van der Waals surface area contributed by atoms with Crippen molar-refractivity contribution in [2.45, 2.75) is 65.0 Å². The van der Waals surface area contributed by atoms with Gasteiger partial charge in [0.1, 0.15) is 0 Å². The van der Waals surface area contributed by atoms with E-state index in [1.54, 1.807) is 0 Å². The minimum absolute atomic E-state index is 0.191. The fourth-order valence-corrected chi connectivity index (χ4v) is 2.83. The molecule has 1 aromatic carbocycles. The third-order valence-corrected chi connectivity index (χ3v) is 5.05. The molecule has 0 saturated carbocycles. The third-order valence-electron chi connectivity index (χ3n) is 5.05. The van der Waals surface area contributed by atoms with Gasteiger partial charge in [0.25, 0.3) is 0 Å². The first kappa shape index (κ1) is 18.0. The van der Waals surface area contributed by atoms with Crippen LogP contribution >= 0.6 is 0 Å². The molecular weight excluding hydrogens is 291 g/mol. The first-order chi connectivity index (χ1) is 10.6. The lowest BCUT2D eigenvalue weighted by Gasteiger charge is -2.32. The third kappa shape index (κ3) is 3.61. The molecule has 4 nitrogen and oxygen atoms in total. The highest BCUT2D eigenvalue weighted by Gasteiger charge is 2.54. The van der Waals surface area contributed by atoms with E-state index in [1.165, 1.54) is 7.11 Å². The van der Waals surface area contributed by atoms with Gasteiger partial charge < -0.3 is 14.0 Å². The summed E-state index contributed by atoms with van der Waals surface area (Å²) in [5, 5.41) is 0. The maximum atomic E-state index is 11.9. The fraction of sp³-hybridized carbons (Fsp3) is 0.611. The van der Waals surface area contributed by atoms with Crippen LogP contribution < -0.4 is 0 Å². The van der Waals surface area contributed by atoms with Gasteiger partial charge in [0.2, 0.25) is 0 Å². The Morgan fingerprint density at radius 1 is 1.17 bits per heavy atom. The van der Waals surface area contributed by atoms with Crippen LogP contribution in [0.1, 0.15) is 56.6 Å². The predicted molar refractivity (Wildman–Crippen MR) is 91.4 cm³/mol. The summed E-state index contributed by atoms with van der Waals surface area (Å²) in [5.41, 5.74) is 2.50. The van der Waals surface area contributed by atoms with Gasteiger partial charge in [-0.05, 0) is 52.7 Å². The summed E-state index contributed by atoms with van der Waals surface area (Å²) in [6.07, 6.45) is 0.234. The summed E-state index contributed by atoms with van der Waals surface area (Å²) < 4.78 is 17.3. The Kier molecular flexibility index (Phi) is 4.93. The molecule has 23 heavy (non-hydrogen) atoms.